The molecular weight excluding hydrogens is 516 g/mol. The summed E-state index contributed by atoms with van der Waals surface area (Å²) in [5, 5.41) is 14.2. The first-order valence-electron chi connectivity index (χ1n) is 15.2. The summed E-state index contributed by atoms with van der Waals surface area (Å²) in [6.45, 7) is 11.0. The monoisotopic (exact) mass is 562 g/mol. The number of carbonyl (C=O) groups excluding carboxylic acids is 2. The SMILES string of the molecule is C1CCNCC1.CCOC(=O)CN1CCN(C2CCN(c3ccc(C(=N)NC(=O)c4ccccc4)cc3)CC2)CC1. The Bertz CT molecular complexity index is 1080. The van der Waals surface area contributed by atoms with E-state index in [9.17, 15) is 9.59 Å². The number of anilines is 1. The molecule has 0 unspecified atom stereocenters. The van der Waals surface area contributed by atoms with E-state index in [0.29, 0.717) is 30.3 Å². The van der Waals surface area contributed by atoms with Gasteiger partial charge in [-0.25, -0.2) is 0 Å². The molecule has 41 heavy (non-hydrogen) atoms. The first kappa shape index (κ1) is 30.7. The number of ether oxygens (including phenoxy) is 1. The van der Waals surface area contributed by atoms with Crippen LogP contribution in [0.15, 0.2) is 54.6 Å². The number of amides is 1. The number of amidine groups is 1. The topological polar surface area (TPSA) is 101 Å². The summed E-state index contributed by atoms with van der Waals surface area (Å²) >= 11 is 0. The van der Waals surface area contributed by atoms with Gasteiger partial charge in [-0.1, -0.05) is 24.6 Å². The van der Waals surface area contributed by atoms with Gasteiger partial charge < -0.3 is 20.3 Å². The molecule has 2 aromatic rings. The Hall–Kier alpha value is -3.27. The van der Waals surface area contributed by atoms with Crippen molar-refractivity contribution in [3.05, 3.63) is 65.7 Å². The number of rotatable bonds is 7. The molecule has 2 aromatic carbocycles. The van der Waals surface area contributed by atoms with E-state index in [1.54, 1.807) is 12.1 Å². The third-order valence-corrected chi connectivity index (χ3v) is 8.05. The summed E-state index contributed by atoms with van der Waals surface area (Å²) in [5.74, 6) is -0.302. The number of hydrogen-bond donors (Lipinski definition) is 3. The van der Waals surface area contributed by atoms with Crippen LogP contribution in [-0.2, 0) is 9.53 Å². The Balaban J connectivity index is 0.000000572. The van der Waals surface area contributed by atoms with Crippen molar-refractivity contribution in [1.82, 2.24) is 20.4 Å². The molecule has 5 rings (SSSR count). The van der Waals surface area contributed by atoms with E-state index in [1.165, 1.54) is 32.4 Å². The minimum atomic E-state index is -0.275. The van der Waals surface area contributed by atoms with Crippen LogP contribution in [0.2, 0.25) is 0 Å². The maximum atomic E-state index is 12.3. The van der Waals surface area contributed by atoms with E-state index < -0.39 is 0 Å². The zero-order valence-corrected chi connectivity index (χ0v) is 24.4. The Morgan fingerprint density at radius 1 is 0.878 bits per heavy atom. The second-order valence-corrected chi connectivity index (χ2v) is 10.9. The zero-order chi connectivity index (χ0) is 28.9. The van der Waals surface area contributed by atoms with Gasteiger partial charge >= 0.3 is 5.97 Å². The van der Waals surface area contributed by atoms with Crippen molar-refractivity contribution in [1.29, 1.82) is 5.41 Å². The van der Waals surface area contributed by atoms with Crippen molar-refractivity contribution in [2.45, 2.75) is 45.1 Å². The number of piperidine rings is 2. The molecule has 3 N–H and O–H groups in total. The van der Waals surface area contributed by atoms with Crippen LogP contribution in [0, 0.1) is 5.41 Å². The molecule has 222 valence electrons. The molecule has 3 aliphatic heterocycles. The predicted molar refractivity (Wildman–Crippen MR) is 164 cm³/mol. The third kappa shape index (κ3) is 9.66. The van der Waals surface area contributed by atoms with Crippen LogP contribution in [0.3, 0.4) is 0 Å². The fourth-order valence-corrected chi connectivity index (χ4v) is 5.65. The molecule has 0 spiro atoms. The lowest BCUT2D eigenvalue weighted by Crippen LogP contribution is -2.54. The summed E-state index contributed by atoms with van der Waals surface area (Å²) in [4.78, 5) is 31.2. The normalized spacial score (nSPS) is 18.6. The molecule has 9 nitrogen and oxygen atoms in total. The molecule has 0 aliphatic carbocycles. The number of esters is 1. The van der Waals surface area contributed by atoms with Crippen LogP contribution < -0.4 is 15.5 Å². The van der Waals surface area contributed by atoms with Gasteiger partial charge in [0.1, 0.15) is 5.84 Å². The highest BCUT2D eigenvalue weighted by Crippen LogP contribution is 2.24. The summed E-state index contributed by atoms with van der Waals surface area (Å²) in [5.41, 5.74) is 2.37. The summed E-state index contributed by atoms with van der Waals surface area (Å²) in [6.07, 6.45) is 6.44. The smallest absolute Gasteiger partial charge is 0.320 e. The number of nitrogens with one attached hydrogen (secondary N) is 3. The van der Waals surface area contributed by atoms with E-state index in [-0.39, 0.29) is 17.7 Å². The number of hydrogen-bond acceptors (Lipinski definition) is 8. The number of piperazine rings is 1. The first-order chi connectivity index (χ1) is 20.0. The van der Waals surface area contributed by atoms with Gasteiger partial charge in [0.15, 0.2) is 0 Å². The van der Waals surface area contributed by atoms with Crippen molar-refractivity contribution >= 4 is 23.4 Å². The number of benzene rings is 2. The predicted octanol–water partition coefficient (Wildman–Crippen LogP) is 3.35. The van der Waals surface area contributed by atoms with Crippen LogP contribution in [0.25, 0.3) is 0 Å². The third-order valence-electron chi connectivity index (χ3n) is 8.05. The Kier molecular flexibility index (Phi) is 12.2. The van der Waals surface area contributed by atoms with Crippen molar-refractivity contribution in [2.75, 3.05) is 70.4 Å². The van der Waals surface area contributed by atoms with E-state index >= 15 is 0 Å². The highest BCUT2D eigenvalue weighted by molar-refractivity contribution is 6.11. The van der Waals surface area contributed by atoms with E-state index in [0.717, 1.165) is 57.8 Å². The standard InChI is InChI=1S/C27H35N5O3.C5H11N/c1-2-35-25(33)20-30-16-18-32(19-17-30)24-12-14-31(15-13-24)23-10-8-21(9-11-23)26(28)29-27(34)22-6-4-3-5-7-22;1-2-4-6-5-3-1/h3-11,24H,2,12-20H2,1H3,(H2,28,29,34);6H,1-5H2. The molecule has 3 fully saturated rings. The van der Waals surface area contributed by atoms with Crippen molar-refractivity contribution in [3.8, 4) is 0 Å². The fourth-order valence-electron chi connectivity index (χ4n) is 5.65. The molecule has 0 aromatic heterocycles. The molecule has 1 amide bonds. The lowest BCUT2D eigenvalue weighted by molar-refractivity contribution is -0.144. The maximum absolute atomic E-state index is 12.3. The Morgan fingerprint density at radius 3 is 2.10 bits per heavy atom. The first-order valence-corrected chi connectivity index (χ1v) is 15.2. The second kappa shape index (κ2) is 16.2. The Labute approximate surface area is 244 Å². The zero-order valence-electron chi connectivity index (χ0n) is 24.4. The minimum absolute atomic E-state index is 0.103. The van der Waals surface area contributed by atoms with Crippen molar-refractivity contribution in [3.63, 3.8) is 0 Å². The lowest BCUT2D eigenvalue weighted by atomic mass is 10.0. The Morgan fingerprint density at radius 2 is 1.54 bits per heavy atom. The molecule has 0 bridgehead atoms. The molecular formula is C32H46N6O3. The average Bonchev–Trinajstić information content (AvgIpc) is 3.03. The van der Waals surface area contributed by atoms with Gasteiger partial charge in [-0.2, -0.15) is 0 Å². The molecule has 9 heteroatoms. The molecule has 0 radical (unpaired) electrons. The van der Waals surface area contributed by atoms with Crippen LogP contribution >= 0.6 is 0 Å². The highest BCUT2D eigenvalue weighted by atomic mass is 16.5. The van der Waals surface area contributed by atoms with Gasteiger partial charge in [-0.05, 0) is 82.1 Å². The summed E-state index contributed by atoms with van der Waals surface area (Å²) in [7, 11) is 0. The lowest BCUT2D eigenvalue weighted by Gasteiger charge is -2.43. The van der Waals surface area contributed by atoms with Crippen molar-refractivity contribution in [2.24, 2.45) is 0 Å². The molecule has 3 heterocycles. The van der Waals surface area contributed by atoms with Crippen molar-refractivity contribution < 1.29 is 14.3 Å². The largest absolute Gasteiger partial charge is 0.465 e. The van der Waals surface area contributed by atoms with Gasteiger partial charge in [-0.3, -0.25) is 24.8 Å². The maximum Gasteiger partial charge on any atom is 0.320 e. The van der Waals surface area contributed by atoms with Gasteiger partial charge in [0, 0.05) is 62.1 Å². The van der Waals surface area contributed by atoms with Crippen LogP contribution in [0.1, 0.15) is 54.9 Å². The van der Waals surface area contributed by atoms with Gasteiger partial charge in [0.2, 0.25) is 0 Å². The van der Waals surface area contributed by atoms with E-state index in [1.807, 2.05) is 49.4 Å². The highest BCUT2D eigenvalue weighted by Gasteiger charge is 2.28. The van der Waals surface area contributed by atoms with E-state index in [4.69, 9.17) is 10.1 Å². The van der Waals surface area contributed by atoms with Gasteiger partial charge in [0.25, 0.3) is 5.91 Å². The van der Waals surface area contributed by atoms with Crippen LogP contribution in [0.5, 0.6) is 0 Å². The quantitative estimate of drug-likeness (QED) is 0.270. The molecule has 0 atom stereocenters. The van der Waals surface area contributed by atoms with E-state index in [2.05, 4.69) is 25.3 Å². The molecule has 3 aliphatic rings. The second-order valence-electron chi connectivity index (χ2n) is 10.9. The fraction of sp³-hybridized carbons (Fsp3) is 0.531. The number of carbonyl (C=O) groups is 2. The summed E-state index contributed by atoms with van der Waals surface area (Å²) < 4.78 is 5.07. The number of nitrogens with zero attached hydrogens (tertiary/aromatic N) is 3. The van der Waals surface area contributed by atoms with Crippen LogP contribution in [-0.4, -0.2) is 99.1 Å². The van der Waals surface area contributed by atoms with Crippen LogP contribution in [0.4, 0.5) is 5.69 Å². The molecule has 0 saturated carbocycles. The molecule has 3 saturated heterocycles. The van der Waals surface area contributed by atoms with Gasteiger partial charge in [-0.15, -0.1) is 0 Å². The minimum Gasteiger partial charge on any atom is -0.465 e. The summed E-state index contributed by atoms with van der Waals surface area (Å²) in [6, 6.07) is 17.4. The average molecular weight is 563 g/mol. The van der Waals surface area contributed by atoms with Gasteiger partial charge in [0.05, 0.1) is 13.2 Å².